The minimum Gasteiger partial charge on any atom is -0.0857 e. The van der Waals surface area contributed by atoms with Crippen LogP contribution in [0.3, 0.4) is 0 Å². The van der Waals surface area contributed by atoms with Gasteiger partial charge in [0.1, 0.15) is 0 Å². The summed E-state index contributed by atoms with van der Waals surface area (Å²) in [4.78, 5) is 0. The molecule has 0 rings (SSSR count). The van der Waals surface area contributed by atoms with Crippen LogP contribution in [0.15, 0.2) is 12.2 Å². The fourth-order valence-corrected chi connectivity index (χ4v) is 1.19. The van der Waals surface area contributed by atoms with Crippen molar-refractivity contribution in [3.05, 3.63) is 12.2 Å². The summed E-state index contributed by atoms with van der Waals surface area (Å²) in [6.07, 6.45) is 5.95. The first-order chi connectivity index (χ1) is 5.07. The molecule has 0 unspecified atom stereocenters. The highest BCUT2D eigenvalue weighted by atomic mass is 14.1. The van der Waals surface area contributed by atoms with Crippen LogP contribution in [0, 0.1) is 17.8 Å². The Morgan fingerprint density at radius 1 is 1.00 bits per heavy atom. The zero-order valence-corrected chi connectivity index (χ0v) is 8.59. The van der Waals surface area contributed by atoms with Crippen molar-refractivity contribution < 1.29 is 0 Å². The van der Waals surface area contributed by atoms with Crippen molar-refractivity contribution >= 4 is 0 Å². The number of hydrogen-bond donors (Lipinski definition) is 0. The Morgan fingerprint density at radius 3 is 1.82 bits per heavy atom. The highest BCUT2D eigenvalue weighted by molar-refractivity contribution is 4.90. The molecule has 0 amide bonds. The van der Waals surface area contributed by atoms with Gasteiger partial charge in [-0.05, 0) is 24.2 Å². The van der Waals surface area contributed by atoms with Crippen LogP contribution in [0.1, 0.15) is 41.0 Å². The lowest BCUT2D eigenvalue weighted by atomic mass is 9.92. The summed E-state index contributed by atoms with van der Waals surface area (Å²) >= 11 is 0. The number of hydrogen-bond acceptors (Lipinski definition) is 0. The van der Waals surface area contributed by atoms with Gasteiger partial charge in [0.2, 0.25) is 0 Å². The van der Waals surface area contributed by atoms with Crippen LogP contribution in [0.25, 0.3) is 0 Å². The van der Waals surface area contributed by atoms with Gasteiger partial charge in [0.05, 0.1) is 0 Å². The van der Waals surface area contributed by atoms with Gasteiger partial charge in [-0.3, -0.25) is 0 Å². The molecule has 0 heteroatoms. The average Bonchev–Trinajstić information content (AvgIpc) is 1.87. The summed E-state index contributed by atoms with van der Waals surface area (Å²) < 4.78 is 0. The van der Waals surface area contributed by atoms with Crippen LogP contribution in [0.5, 0.6) is 0 Å². The molecule has 0 aromatic heterocycles. The minimum absolute atomic E-state index is 0.697. The maximum Gasteiger partial charge on any atom is -0.0213 e. The Hall–Kier alpha value is -0.260. The molecule has 0 fully saturated rings. The van der Waals surface area contributed by atoms with E-state index < -0.39 is 0 Å². The first-order valence-electron chi connectivity index (χ1n) is 4.76. The monoisotopic (exact) mass is 154 g/mol. The van der Waals surface area contributed by atoms with E-state index >= 15 is 0 Å². The number of allylic oxidation sites excluding steroid dienone is 2. The molecule has 0 aliphatic rings. The van der Waals surface area contributed by atoms with Crippen LogP contribution < -0.4 is 0 Å². The molecule has 0 bridgehead atoms. The second-order valence-corrected chi connectivity index (χ2v) is 3.95. The fourth-order valence-electron chi connectivity index (χ4n) is 1.19. The van der Waals surface area contributed by atoms with Crippen molar-refractivity contribution in [2.24, 2.45) is 17.8 Å². The van der Waals surface area contributed by atoms with Gasteiger partial charge in [0.15, 0.2) is 0 Å². The van der Waals surface area contributed by atoms with Gasteiger partial charge in [-0.25, -0.2) is 0 Å². The van der Waals surface area contributed by atoms with Gasteiger partial charge in [-0.1, -0.05) is 46.8 Å². The largest absolute Gasteiger partial charge is 0.0857 e. The molecule has 0 saturated heterocycles. The van der Waals surface area contributed by atoms with Crippen molar-refractivity contribution in [2.45, 2.75) is 41.0 Å². The maximum atomic E-state index is 2.37. The van der Waals surface area contributed by atoms with E-state index in [1.165, 1.54) is 6.42 Å². The third kappa shape index (κ3) is 5.06. The Balaban J connectivity index is 3.87. The molecular formula is C11H22. The average molecular weight is 154 g/mol. The molecule has 0 aromatic carbocycles. The molecular weight excluding hydrogens is 132 g/mol. The molecule has 1 atom stereocenters. The Kier molecular flexibility index (Phi) is 5.27. The first-order valence-corrected chi connectivity index (χ1v) is 4.76. The number of rotatable bonds is 4. The zero-order chi connectivity index (χ0) is 8.85. The topological polar surface area (TPSA) is 0 Å². The molecule has 0 heterocycles. The van der Waals surface area contributed by atoms with Crippen molar-refractivity contribution in [3.8, 4) is 0 Å². The lowest BCUT2D eigenvalue weighted by Crippen LogP contribution is -2.03. The predicted molar refractivity (Wildman–Crippen MR) is 52.6 cm³/mol. The zero-order valence-electron chi connectivity index (χ0n) is 8.59. The third-order valence-electron chi connectivity index (χ3n) is 2.07. The van der Waals surface area contributed by atoms with Crippen molar-refractivity contribution in [3.63, 3.8) is 0 Å². The summed E-state index contributed by atoms with van der Waals surface area (Å²) in [7, 11) is 0. The highest BCUT2D eigenvalue weighted by Gasteiger charge is 2.05. The molecule has 0 aliphatic heterocycles. The molecule has 0 saturated carbocycles. The van der Waals surface area contributed by atoms with Crippen LogP contribution in [-0.2, 0) is 0 Å². The predicted octanol–water partition coefficient (Wildman–Crippen LogP) is 3.88. The van der Waals surface area contributed by atoms with Crippen LogP contribution in [-0.4, -0.2) is 0 Å². The Morgan fingerprint density at radius 2 is 1.55 bits per heavy atom. The summed E-state index contributed by atoms with van der Waals surface area (Å²) in [6.45, 7) is 11.3. The van der Waals surface area contributed by atoms with Gasteiger partial charge in [-0.15, -0.1) is 0 Å². The van der Waals surface area contributed by atoms with E-state index in [9.17, 15) is 0 Å². The Bertz CT molecular complexity index is 109. The van der Waals surface area contributed by atoms with Gasteiger partial charge in [-0.2, -0.15) is 0 Å². The van der Waals surface area contributed by atoms with E-state index in [0.717, 1.165) is 11.8 Å². The standard InChI is InChI=1S/C11H22/c1-6-11(10(4)5)8-7-9(2)3/h7-11H,6H2,1-5H3/b8-7+/t11-/m1/s1. The van der Waals surface area contributed by atoms with Crippen LogP contribution >= 0.6 is 0 Å². The quantitative estimate of drug-likeness (QED) is 0.539. The highest BCUT2D eigenvalue weighted by Crippen LogP contribution is 2.16. The van der Waals surface area contributed by atoms with E-state index in [-0.39, 0.29) is 0 Å². The van der Waals surface area contributed by atoms with Gasteiger partial charge in [0, 0.05) is 0 Å². The Labute approximate surface area is 71.7 Å². The fraction of sp³-hybridized carbons (Fsp3) is 0.818. The van der Waals surface area contributed by atoms with E-state index in [1.54, 1.807) is 0 Å². The summed E-state index contributed by atoms with van der Waals surface area (Å²) in [5.74, 6) is 2.26. The molecule has 0 N–H and O–H groups in total. The molecule has 11 heavy (non-hydrogen) atoms. The van der Waals surface area contributed by atoms with E-state index in [0.29, 0.717) is 5.92 Å². The summed E-state index contributed by atoms with van der Waals surface area (Å²) in [6, 6.07) is 0. The molecule has 66 valence electrons. The van der Waals surface area contributed by atoms with Gasteiger partial charge in [0.25, 0.3) is 0 Å². The first kappa shape index (κ1) is 10.7. The van der Waals surface area contributed by atoms with Crippen LogP contribution in [0.2, 0.25) is 0 Å². The minimum atomic E-state index is 0.697. The second-order valence-electron chi connectivity index (χ2n) is 3.95. The van der Waals surface area contributed by atoms with Crippen molar-refractivity contribution in [2.75, 3.05) is 0 Å². The third-order valence-corrected chi connectivity index (χ3v) is 2.07. The summed E-state index contributed by atoms with van der Waals surface area (Å²) in [5, 5.41) is 0. The second kappa shape index (κ2) is 5.40. The van der Waals surface area contributed by atoms with E-state index in [4.69, 9.17) is 0 Å². The summed E-state index contributed by atoms with van der Waals surface area (Å²) in [5.41, 5.74) is 0. The molecule has 0 radical (unpaired) electrons. The smallest absolute Gasteiger partial charge is 0.0213 e. The van der Waals surface area contributed by atoms with Crippen LogP contribution in [0.4, 0.5) is 0 Å². The SMILES string of the molecule is CC[C@H](/C=C/C(C)C)C(C)C. The van der Waals surface area contributed by atoms with Gasteiger partial charge < -0.3 is 0 Å². The van der Waals surface area contributed by atoms with E-state index in [2.05, 4.69) is 46.8 Å². The lowest BCUT2D eigenvalue weighted by Gasteiger charge is -2.14. The molecule has 0 nitrogen and oxygen atoms in total. The molecule has 0 aromatic rings. The maximum absolute atomic E-state index is 2.37. The normalized spacial score (nSPS) is 15.2. The lowest BCUT2D eigenvalue weighted by molar-refractivity contribution is 0.451. The van der Waals surface area contributed by atoms with Gasteiger partial charge >= 0.3 is 0 Å². The molecule has 0 spiro atoms. The molecule has 0 aliphatic carbocycles. The van der Waals surface area contributed by atoms with E-state index in [1.807, 2.05) is 0 Å². The van der Waals surface area contributed by atoms with Crippen molar-refractivity contribution in [1.82, 2.24) is 0 Å². The van der Waals surface area contributed by atoms with Crippen molar-refractivity contribution in [1.29, 1.82) is 0 Å².